The molecule has 3 heterocycles. The maximum atomic E-state index is 6.19. The van der Waals surface area contributed by atoms with Crippen LogP contribution in [0.5, 0.6) is 5.75 Å². The molecule has 0 bridgehead atoms. The minimum atomic E-state index is 0. The van der Waals surface area contributed by atoms with Crippen molar-refractivity contribution in [3.63, 3.8) is 0 Å². The molecule has 0 radical (unpaired) electrons. The van der Waals surface area contributed by atoms with Crippen molar-refractivity contribution in [3.05, 3.63) is 65.1 Å². The summed E-state index contributed by atoms with van der Waals surface area (Å²) in [7, 11) is 1.78. The molecule has 3 aromatic rings. The van der Waals surface area contributed by atoms with Crippen LogP contribution in [0.4, 0.5) is 0 Å². The fraction of sp³-hybridized carbons (Fsp3) is 0.417. The molecule has 8 heteroatoms. The third-order valence-corrected chi connectivity index (χ3v) is 5.48. The molecule has 1 aromatic carbocycles. The van der Waals surface area contributed by atoms with Crippen LogP contribution in [-0.4, -0.2) is 48.3 Å². The number of pyridine rings is 1. The molecular formula is C24H32IN5O2. The number of halogens is 1. The average molecular weight is 549 g/mol. The van der Waals surface area contributed by atoms with Crippen molar-refractivity contribution in [2.24, 2.45) is 4.99 Å². The number of ether oxygens (including phenoxy) is 2. The van der Waals surface area contributed by atoms with Gasteiger partial charge in [-0.25, -0.2) is 4.98 Å². The molecule has 172 valence electrons. The molecule has 4 rings (SSSR count). The van der Waals surface area contributed by atoms with E-state index in [0.29, 0.717) is 13.2 Å². The summed E-state index contributed by atoms with van der Waals surface area (Å²) in [6, 6.07) is 10.4. The van der Waals surface area contributed by atoms with E-state index in [4.69, 9.17) is 14.5 Å². The van der Waals surface area contributed by atoms with Gasteiger partial charge in [-0.15, -0.1) is 24.0 Å². The Morgan fingerprint density at radius 1 is 1.28 bits per heavy atom. The number of hydrogen-bond acceptors (Lipinski definition) is 4. The normalized spacial score (nSPS) is 16.1. The number of imidazole rings is 1. The topological polar surface area (TPSA) is 72.2 Å². The summed E-state index contributed by atoms with van der Waals surface area (Å²) in [6.45, 7) is 6.98. The highest BCUT2D eigenvalue weighted by Crippen LogP contribution is 2.23. The van der Waals surface area contributed by atoms with Crippen molar-refractivity contribution in [3.8, 4) is 5.75 Å². The fourth-order valence-electron chi connectivity index (χ4n) is 3.74. The third-order valence-electron chi connectivity index (χ3n) is 5.48. The Morgan fingerprint density at radius 3 is 2.91 bits per heavy atom. The smallest absolute Gasteiger partial charge is 0.191 e. The lowest BCUT2D eigenvalue weighted by Crippen LogP contribution is -2.38. The maximum absolute atomic E-state index is 6.19. The van der Waals surface area contributed by atoms with Crippen LogP contribution in [0.1, 0.15) is 28.8 Å². The largest absolute Gasteiger partial charge is 0.488 e. The first-order chi connectivity index (χ1) is 15.1. The van der Waals surface area contributed by atoms with Gasteiger partial charge in [-0.3, -0.25) is 4.99 Å². The summed E-state index contributed by atoms with van der Waals surface area (Å²) in [5.41, 5.74) is 5.54. The van der Waals surface area contributed by atoms with Gasteiger partial charge in [0.25, 0.3) is 0 Å². The molecule has 1 aliphatic rings. The molecule has 1 atom stereocenters. The highest BCUT2D eigenvalue weighted by atomic mass is 127. The predicted octanol–water partition coefficient (Wildman–Crippen LogP) is 3.64. The monoisotopic (exact) mass is 549 g/mol. The summed E-state index contributed by atoms with van der Waals surface area (Å²) in [5.74, 6) is 1.68. The highest BCUT2D eigenvalue weighted by Gasteiger charge is 2.18. The van der Waals surface area contributed by atoms with Gasteiger partial charge in [0.2, 0.25) is 0 Å². The lowest BCUT2D eigenvalue weighted by molar-refractivity contribution is 0.140. The van der Waals surface area contributed by atoms with Crippen LogP contribution >= 0.6 is 24.0 Å². The minimum absolute atomic E-state index is 0. The number of nitrogens with one attached hydrogen (secondary N) is 2. The van der Waals surface area contributed by atoms with Gasteiger partial charge in [0.15, 0.2) is 5.96 Å². The standard InChI is InChI=1S/C24H31N5O2.HI/c1-17-6-7-19(22(13-17)31-21-9-12-30-16-21)14-27-24(25-3)26-10-8-20-15-29-11-4-5-18(2)23(29)28-20;/h4-7,11,13,15,21H,8-10,12,14,16H2,1-3H3,(H2,25,26,27);1H. The van der Waals surface area contributed by atoms with E-state index in [9.17, 15) is 0 Å². The number of nitrogens with zero attached hydrogens (tertiary/aromatic N) is 3. The predicted molar refractivity (Wildman–Crippen MR) is 138 cm³/mol. The van der Waals surface area contributed by atoms with Gasteiger partial charge in [0.1, 0.15) is 17.5 Å². The van der Waals surface area contributed by atoms with E-state index < -0.39 is 0 Å². The van der Waals surface area contributed by atoms with E-state index in [-0.39, 0.29) is 30.1 Å². The molecule has 32 heavy (non-hydrogen) atoms. The Kier molecular flexibility index (Phi) is 8.75. The van der Waals surface area contributed by atoms with Gasteiger partial charge in [0, 0.05) is 50.9 Å². The second-order valence-corrected chi connectivity index (χ2v) is 7.97. The zero-order valence-corrected chi connectivity index (χ0v) is 21.3. The number of hydrogen-bond donors (Lipinski definition) is 2. The average Bonchev–Trinajstić information content (AvgIpc) is 3.42. The van der Waals surface area contributed by atoms with Crippen LogP contribution in [-0.2, 0) is 17.7 Å². The summed E-state index contributed by atoms with van der Waals surface area (Å²) in [4.78, 5) is 9.08. The maximum Gasteiger partial charge on any atom is 0.191 e. The van der Waals surface area contributed by atoms with E-state index in [1.165, 1.54) is 11.1 Å². The zero-order valence-electron chi connectivity index (χ0n) is 18.9. The molecule has 1 unspecified atom stereocenters. The second-order valence-electron chi connectivity index (χ2n) is 7.97. The molecular weight excluding hydrogens is 517 g/mol. The lowest BCUT2D eigenvalue weighted by Gasteiger charge is -2.18. The SMILES string of the molecule is CN=C(NCCc1cn2cccc(C)c2n1)NCc1ccc(C)cc1OC1CCOC1.I. The van der Waals surface area contributed by atoms with Crippen molar-refractivity contribution in [2.75, 3.05) is 26.8 Å². The van der Waals surface area contributed by atoms with E-state index in [1.807, 2.05) is 12.3 Å². The van der Waals surface area contributed by atoms with Crippen LogP contribution in [0.25, 0.3) is 5.65 Å². The fourth-order valence-corrected chi connectivity index (χ4v) is 3.74. The van der Waals surface area contributed by atoms with Crippen LogP contribution in [0.3, 0.4) is 0 Å². The number of fused-ring (bicyclic) bond motifs is 1. The molecule has 2 aromatic heterocycles. The number of benzene rings is 1. The van der Waals surface area contributed by atoms with Crippen molar-refractivity contribution >= 4 is 35.6 Å². The van der Waals surface area contributed by atoms with E-state index in [0.717, 1.165) is 54.6 Å². The Labute approximate surface area is 206 Å². The number of aryl methyl sites for hydroxylation is 2. The van der Waals surface area contributed by atoms with Gasteiger partial charge in [-0.05, 0) is 37.1 Å². The van der Waals surface area contributed by atoms with Crippen LogP contribution in [0.15, 0.2) is 47.7 Å². The quantitative estimate of drug-likeness (QED) is 0.268. The molecule has 2 N–H and O–H groups in total. The van der Waals surface area contributed by atoms with Crippen LogP contribution < -0.4 is 15.4 Å². The number of rotatable bonds is 7. The second kappa shape index (κ2) is 11.5. The summed E-state index contributed by atoms with van der Waals surface area (Å²) in [5, 5.41) is 6.77. The van der Waals surface area contributed by atoms with E-state index in [2.05, 4.69) is 64.3 Å². The van der Waals surface area contributed by atoms with Crippen molar-refractivity contribution in [1.82, 2.24) is 20.0 Å². The van der Waals surface area contributed by atoms with Gasteiger partial charge in [-0.2, -0.15) is 0 Å². The molecule has 7 nitrogen and oxygen atoms in total. The van der Waals surface area contributed by atoms with Crippen molar-refractivity contribution in [1.29, 1.82) is 0 Å². The van der Waals surface area contributed by atoms with Gasteiger partial charge >= 0.3 is 0 Å². The Balaban J connectivity index is 0.00000289. The zero-order chi connectivity index (χ0) is 21.6. The van der Waals surface area contributed by atoms with Gasteiger partial charge in [-0.1, -0.05) is 18.2 Å². The molecule has 0 amide bonds. The first-order valence-electron chi connectivity index (χ1n) is 10.8. The van der Waals surface area contributed by atoms with Crippen LogP contribution in [0.2, 0.25) is 0 Å². The lowest BCUT2D eigenvalue weighted by atomic mass is 10.1. The molecule has 1 aliphatic heterocycles. The summed E-state index contributed by atoms with van der Waals surface area (Å²) in [6.07, 6.45) is 6.01. The number of guanidine groups is 1. The van der Waals surface area contributed by atoms with Gasteiger partial charge < -0.3 is 24.5 Å². The van der Waals surface area contributed by atoms with Crippen LogP contribution in [0, 0.1) is 13.8 Å². The summed E-state index contributed by atoms with van der Waals surface area (Å²) >= 11 is 0. The number of aromatic nitrogens is 2. The third kappa shape index (κ3) is 6.13. The highest BCUT2D eigenvalue weighted by molar-refractivity contribution is 14.0. The Bertz CT molecular complexity index is 1060. The molecule has 1 saturated heterocycles. The number of aliphatic imine (C=N–C) groups is 1. The van der Waals surface area contributed by atoms with Crippen molar-refractivity contribution in [2.45, 2.75) is 39.3 Å². The molecule has 1 fully saturated rings. The summed E-state index contributed by atoms with van der Waals surface area (Å²) < 4.78 is 13.7. The van der Waals surface area contributed by atoms with E-state index in [1.54, 1.807) is 7.05 Å². The molecule has 0 spiro atoms. The first-order valence-corrected chi connectivity index (χ1v) is 10.8. The first kappa shape index (κ1) is 24.3. The van der Waals surface area contributed by atoms with Gasteiger partial charge in [0.05, 0.1) is 18.9 Å². The molecule has 0 saturated carbocycles. The molecule has 0 aliphatic carbocycles. The Hall–Kier alpha value is -2.33. The van der Waals surface area contributed by atoms with E-state index >= 15 is 0 Å². The Morgan fingerprint density at radius 2 is 2.16 bits per heavy atom. The minimum Gasteiger partial charge on any atom is -0.488 e. The van der Waals surface area contributed by atoms with Crippen molar-refractivity contribution < 1.29 is 9.47 Å².